The van der Waals surface area contributed by atoms with Crippen molar-refractivity contribution in [2.75, 3.05) is 0 Å². The number of benzene rings is 3. The number of hydrogen-bond donors (Lipinski definition) is 0. The Bertz CT molecular complexity index is 1110. The molecule has 0 saturated heterocycles. The first-order valence-electron chi connectivity index (χ1n) is 8.30. The van der Waals surface area contributed by atoms with E-state index < -0.39 is 0 Å². The molecule has 1 aliphatic carbocycles. The van der Waals surface area contributed by atoms with Gasteiger partial charge in [0.1, 0.15) is 0 Å². The molecule has 0 fully saturated rings. The highest BCUT2D eigenvalue weighted by molar-refractivity contribution is 9.10. The molecule has 1 aromatic heterocycles. The molecule has 0 N–H and O–H groups in total. The van der Waals surface area contributed by atoms with Crippen LogP contribution in [-0.2, 0) is 6.42 Å². The molecule has 0 amide bonds. The van der Waals surface area contributed by atoms with Gasteiger partial charge in [0, 0.05) is 26.5 Å². The quantitative estimate of drug-likeness (QED) is 0.358. The van der Waals surface area contributed by atoms with Gasteiger partial charge in [0.15, 0.2) is 0 Å². The van der Waals surface area contributed by atoms with Gasteiger partial charge < -0.3 is 4.57 Å². The van der Waals surface area contributed by atoms with Gasteiger partial charge in [0.25, 0.3) is 0 Å². The monoisotopic (exact) mass is 373 g/mol. The van der Waals surface area contributed by atoms with Crippen LogP contribution in [0.4, 0.5) is 0 Å². The summed E-state index contributed by atoms with van der Waals surface area (Å²) in [5.41, 5.74) is 5.34. The fourth-order valence-corrected chi connectivity index (χ4v) is 4.23. The van der Waals surface area contributed by atoms with Crippen molar-refractivity contribution in [1.82, 2.24) is 4.57 Å². The van der Waals surface area contributed by atoms with Crippen LogP contribution >= 0.6 is 15.9 Å². The Balaban J connectivity index is 1.95. The summed E-state index contributed by atoms with van der Waals surface area (Å²) in [6.45, 7) is 0. The molecule has 0 saturated carbocycles. The number of allylic oxidation sites excluding steroid dienone is 1. The molecule has 0 radical (unpaired) electrons. The van der Waals surface area contributed by atoms with Gasteiger partial charge in [-0.3, -0.25) is 0 Å². The largest absolute Gasteiger partial charge is 0.312 e. The van der Waals surface area contributed by atoms with Crippen LogP contribution in [0.25, 0.3) is 33.4 Å². The van der Waals surface area contributed by atoms with Gasteiger partial charge >= 0.3 is 0 Å². The predicted molar refractivity (Wildman–Crippen MR) is 106 cm³/mol. The molecular weight excluding hydrogens is 358 g/mol. The molecule has 3 aromatic carbocycles. The van der Waals surface area contributed by atoms with E-state index in [1.807, 2.05) is 0 Å². The van der Waals surface area contributed by atoms with E-state index in [0.717, 1.165) is 17.3 Å². The molecule has 4 aromatic rings. The second kappa shape index (κ2) is 5.35. The van der Waals surface area contributed by atoms with Gasteiger partial charge in [0.05, 0.1) is 11.2 Å². The number of nitrogens with zero attached hydrogens (tertiary/aromatic N) is 1. The molecule has 1 heterocycles. The van der Waals surface area contributed by atoms with Gasteiger partial charge in [-0.2, -0.15) is 0 Å². The summed E-state index contributed by atoms with van der Waals surface area (Å²) >= 11 is 3.63. The molecule has 1 aliphatic rings. The van der Waals surface area contributed by atoms with Gasteiger partial charge in [0.2, 0.25) is 0 Å². The summed E-state index contributed by atoms with van der Waals surface area (Å²) in [5.74, 6) is 0. The first-order chi connectivity index (χ1) is 11.8. The molecule has 116 valence electrons. The maximum absolute atomic E-state index is 3.63. The third-order valence-electron chi connectivity index (χ3n) is 4.91. The van der Waals surface area contributed by atoms with Crippen LogP contribution in [0.2, 0.25) is 0 Å². The van der Waals surface area contributed by atoms with Crippen LogP contribution in [0.5, 0.6) is 0 Å². The van der Waals surface area contributed by atoms with E-state index in [2.05, 4.69) is 93.3 Å². The molecule has 0 unspecified atom stereocenters. The highest BCUT2D eigenvalue weighted by Crippen LogP contribution is 2.37. The SMILES string of the molecule is Brc1ccc2c(c1)c1c(n2-c2cccc3ccccc23)CCC=C1. The van der Waals surface area contributed by atoms with Gasteiger partial charge in [-0.25, -0.2) is 0 Å². The van der Waals surface area contributed by atoms with Gasteiger partial charge in [-0.15, -0.1) is 0 Å². The second-order valence-electron chi connectivity index (χ2n) is 6.30. The summed E-state index contributed by atoms with van der Waals surface area (Å²) in [7, 11) is 0. The number of hydrogen-bond acceptors (Lipinski definition) is 0. The fraction of sp³-hybridized carbons (Fsp3) is 0.0909. The number of fused-ring (bicyclic) bond motifs is 4. The molecule has 2 heteroatoms. The van der Waals surface area contributed by atoms with Crippen molar-refractivity contribution >= 4 is 43.7 Å². The lowest BCUT2D eigenvalue weighted by atomic mass is 10.0. The first-order valence-corrected chi connectivity index (χ1v) is 9.10. The Morgan fingerprint density at radius 1 is 0.875 bits per heavy atom. The fourth-order valence-electron chi connectivity index (χ4n) is 3.87. The first kappa shape index (κ1) is 14.1. The number of halogens is 1. The zero-order chi connectivity index (χ0) is 16.1. The van der Waals surface area contributed by atoms with Crippen LogP contribution in [0.15, 0.2) is 71.2 Å². The zero-order valence-corrected chi connectivity index (χ0v) is 14.8. The highest BCUT2D eigenvalue weighted by atomic mass is 79.9. The van der Waals surface area contributed by atoms with E-state index >= 15 is 0 Å². The average molecular weight is 374 g/mol. The molecule has 24 heavy (non-hydrogen) atoms. The molecule has 0 spiro atoms. The Labute approximate surface area is 149 Å². The van der Waals surface area contributed by atoms with Crippen LogP contribution in [-0.4, -0.2) is 4.57 Å². The topological polar surface area (TPSA) is 4.93 Å². The molecule has 0 atom stereocenters. The van der Waals surface area contributed by atoms with Crippen molar-refractivity contribution in [3.05, 3.63) is 82.5 Å². The minimum atomic E-state index is 1.08. The lowest BCUT2D eigenvalue weighted by Gasteiger charge is -2.15. The lowest BCUT2D eigenvalue weighted by molar-refractivity contribution is 0.892. The van der Waals surface area contributed by atoms with E-state index in [9.17, 15) is 0 Å². The van der Waals surface area contributed by atoms with Crippen LogP contribution in [0, 0.1) is 0 Å². The summed E-state index contributed by atoms with van der Waals surface area (Å²) in [6.07, 6.45) is 6.77. The Morgan fingerprint density at radius 3 is 2.71 bits per heavy atom. The van der Waals surface area contributed by atoms with Crippen molar-refractivity contribution in [2.45, 2.75) is 12.8 Å². The minimum absolute atomic E-state index is 1.08. The van der Waals surface area contributed by atoms with Crippen LogP contribution in [0.1, 0.15) is 17.7 Å². The summed E-state index contributed by atoms with van der Waals surface area (Å²) in [4.78, 5) is 0. The van der Waals surface area contributed by atoms with Gasteiger partial charge in [-0.1, -0.05) is 64.5 Å². The number of rotatable bonds is 1. The Morgan fingerprint density at radius 2 is 1.75 bits per heavy atom. The number of aromatic nitrogens is 1. The van der Waals surface area contributed by atoms with Crippen LogP contribution in [0.3, 0.4) is 0 Å². The minimum Gasteiger partial charge on any atom is -0.312 e. The third kappa shape index (κ3) is 1.99. The van der Waals surface area contributed by atoms with Crippen molar-refractivity contribution < 1.29 is 0 Å². The summed E-state index contributed by atoms with van der Waals surface area (Å²) in [5, 5.41) is 3.91. The maximum Gasteiger partial charge on any atom is 0.0538 e. The van der Waals surface area contributed by atoms with E-state index in [0.29, 0.717) is 0 Å². The third-order valence-corrected chi connectivity index (χ3v) is 5.40. The zero-order valence-electron chi connectivity index (χ0n) is 13.2. The predicted octanol–water partition coefficient (Wildman–Crippen LogP) is 6.51. The molecule has 5 rings (SSSR count). The summed E-state index contributed by atoms with van der Waals surface area (Å²) in [6, 6.07) is 21.8. The highest BCUT2D eigenvalue weighted by Gasteiger charge is 2.19. The molecular formula is C22H16BrN. The molecule has 0 aliphatic heterocycles. The Kier molecular flexibility index (Phi) is 3.14. The average Bonchev–Trinajstić information content (AvgIpc) is 2.95. The van der Waals surface area contributed by atoms with Crippen molar-refractivity contribution in [3.8, 4) is 5.69 Å². The standard InChI is InChI=1S/C22H16BrN/c23-16-12-13-22-19(14-16)18-9-3-4-10-21(18)24(22)20-11-5-7-15-6-1-2-8-17(15)20/h1-3,5-9,11-14H,4,10H2. The van der Waals surface area contributed by atoms with Crippen molar-refractivity contribution in [2.24, 2.45) is 0 Å². The van der Waals surface area contributed by atoms with Crippen molar-refractivity contribution in [3.63, 3.8) is 0 Å². The maximum atomic E-state index is 3.63. The van der Waals surface area contributed by atoms with Crippen molar-refractivity contribution in [1.29, 1.82) is 0 Å². The molecule has 0 bridgehead atoms. The van der Waals surface area contributed by atoms with E-state index in [-0.39, 0.29) is 0 Å². The van der Waals surface area contributed by atoms with E-state index in [4.69, 9.17) is 0 Å². The summed E-state index contributed by atoms with van der Waals surface area (Å²) < 4.78 is 3.59. The smallest absolute Gasteiger partial charge is 0.0538 e. The second-order valence-corrected chi connectivity index (χ2v) is 7.21. The lowest BCUT2D eigenvalue weighted by Crippen LogP contribution is -2.03. The van der Waals surface area contributed by atoms with Crippen LogP contribution < -0.4 is 0 Å². The van der Waals surface area contributed by atoms with E-state index in [1.165, 1.54) is 38.6 Å². The Hall–Kier alpha value is -2.32. The molecule has 1 nitrogen and oxygen atoms in total. The van der Waals surface area contributed by atoms with E-state index in [1.54, 1.807) is 0 Å². The normalized spacial score (nSPS) is 13.5. The van der Waals surface area contributed by atoms with Gasteiger partial charge in [-0.05, 0) is 42.5 Å².